The topological polar surface area (TPSA) is 38.0 Å². The average molecular weight is 144 g/mol. The van der Waals surface area contributed by atoms with E-state index in [1.54, 1.807) is 0 Å². The SMILES string of the molecule is CCCCNCC(C)(C)N. The van der Waals surface area contributed by atoms with E-state index in [1.807, 2.05) is 13.8 Å². The maximum atomic E-state index is 5.76. The van der Waals surface area contributed by atoms with Crippen molar-refractivity contribution in [1.82, 2.24) is 5.32 Å². The number of hydrogen-bond donors (Lipinski definition) is 2. The highest BCUT2D eigenvalue weighted by Crippen LogP contribution is 1.92. The minimum atomic E-state index is -0.0618. The molecule has 0 rings (SSSR count). The molecule has 3 N–H and O–H groups in total. The third kappa shape index (κ3) is 7.92. The predicted octanol–water partition coefficient (Wildman–Crippen LogP) is 1.11. The summed E-state index contributed by atoms with van der Waals surface area (Å²) in [6, 6.07) is 0. The second-order valence-electron chi connectivity index (χ2n) is 3.52. The Morgan fingerprint density at radius 1 is 1.40 bits per heavy atom. The molecule has 0 amide bonds. The van der Waals surface area contributed by atoms with Crippen LogP contribution in [0.15, 0.2) is 0 Å². The van der Waals surface area contributed by atoms with Crippen LogP contribution in [0.1, 0.15) is 33.6 Å². The summed E-state index contributed by atoms with van der Waals surface area (Å²) in [5.41, 5.74) is 5.69. The molecular formula is C8H20N2. The molecule has 0 unspecified atom stereocenters. The fourth-order valence-electron chi connectivity index (χ4n) is 0.712. The lowest BCUT2D eigenvalue weighted by atomic mass is 10.1. The average Bonchev–Trinajstić information content (AvgIpc) is 1.78. The molecular weight excluding hydrogens is 124 g/mol. The first kappa shape index (κ1) is 9.92. The summed E-state index contributed by atoms with van der Waals surface area (Å²) < 4.78 is 0. The molecule has 0 aromatic carbocycles. The number of nitrogens with one attached hydrogen (secondary N) is 1. The van der Waals surface area contributed by atoms with E-state index in [-0.39, 0.29) is 5.54 Å². The van der Waals surface area contributed by atoms with Gasteiger partial charge in [-0.25, -0.2) is 0 Å². The van der Waals surface area contributed by atoms with Gasteiger partial charge in [0.1, 0.15) is 0 Å². The molecule has 0 radical (unpaired) electrons. The van der Waals surface area contributed by atoms with Gasteiger partial charge in [-0.05, 0) is 26.8 Å². The highest BCUT2D eigenvalue weighted by Gasteiger charge is 2.07. The molecule has 2 nitrogen and oxygen atoms in total. The summed E-state index contributed by atoms with van der Waals surface area (Å²) in [7, 11) is 0. The number of nitrogens with two attached hydrogens (primary N) is 1. The lowest BCUT2D eigenvalue weighted by Crippen LogP contribution is -2.43. The van der Waals surface area contributed by atoms with Gasteiger partial charge in [-0.3, -0.25) is 0 Å². The lowest BCUT2D eigenvalue weighted by Gasteiger charge is -2.18. The molecule has 0 atom stereocenters. The fourth-order valence-corrected chi connectivity index (χ4v) is 0.712. The molecule has 0 saturated carbocycles. The van der Waals surface area contributed by atoms with Gasteiger partial charge in [0.05, 0.1) is 0 Å². The zero-order chi connectivity index (χ0) is 8.04. The Kier molecular flexibility index (Phi) is 4.65. The number of rotatable bonds is 5. The van der Waals surface area contributed by atoms with E-state index in [2.05, 4.69) is 12.2 Å². The van der Waals surface area contributed by atoms with Crippen molar-refractivity contribution in [3.05, 3.63) is 0 Å². The Morgan fingerprint density at radius 3 is 2.40 bits per heavy atom. The summed E-state index contributed by atoms with van der Waals surface area (Å²) in [5.74, 6) is 0. The van der Waals surface area contributed by atoms with Crippen molar-refractivity contribution in [1.29, 1.82) is 0 Å². The van der Waals surface area contributed by atoms with Crippen LogP contribution in [0.2, 0.25) is 0 Å². The smallest absolute Gasteiger partial charge is 0.0223 e. The summed E-state index contributed by atoms with van der Waals surface area (Å²) in [6.07, 6.45) is 2.49. The molecule has 0 aliphatic rings. The monoisotopic (exact) mass is 144 g/mol. The Morgan fingerprint density at radius 2 is 2.00 bits per heavy atom. The zero-order valence-electron chi connectivity index (χ0n) is 7.41. The van der Waals surface area contributed by atoms with E-state index in [0.717, 1.165) is 13.1 Å². The summed E-state index contributed by atoms with van der Waals surface area (Å²) in [6.45, 7) is 8.26. The molecule has 0 aromatic rings. The van der Waals surface area contributed by atoms with Crippen LogP contribution in [-0.2, 0) is 0 Å². The van der Waals surface area contributed by atoms with Crippen LogP contribution in [0.25, 0.3) is 0 Å². The first-order valence-corrected chi connectivity index (χ1v) is 4.06. The highest BCUT2D eigenvalue weighted by atomic mass is 14.9. The third-order valence-corrected chi connectivity index (χ3v) is 1.29. The first-order chi connectivity index (χ1) is 4.56. The van der Waals surface area contributed by atoms with Crippen LogP contribution in [0.4, 0.5) is 0 Å². The summed E-state index contributed by atoms with van der Waals surface area (Å²) in [4.78, 5) is 0. The third-order valence-electron chi connectivity index (χ3n) is 1.29. The number of hydrogen-bond acceptors (Lipinski definition) is 2. The minimum Gasteiger partial charge on any atom is -0.324 e. The van der Waals surface area contributed by atoms with Gasteiger partial charge in [-0.1, -0.05) is 13.3 Å². The number of unbranched alkanes of at least 4 members (excludes halogenated alkanes) is 1. The quantitative estimate of drug-likeness (QED) is 0.567. The van der Waals surface area contributed by atoms with E-state index in [9.17, 15) is 0 Å². The van der Waals surface area contributed by atoms with E-state index in [1.165, 1.54) is 12.8 Å². The second kappa shape index (κ2) is 4.69. The van der Waals surface area contributed by atoms with Gasteiger partial charge >= 0.3 is 0 Å². The minimum absolute atomic E-state index is 0.0618. The first-order valence-electron chi connectivity index (χ1n) is 4.06. The van der Waals surface area contributed by atoms with Gasteiger partial charge < -0.3 is 11.1 Å². The highest BCUT2D eigenvalue weighted by molar-refractivity contribution is 4.74. The van der Waals surface area contributed by atoms with Crippen LogP contribution in [-0.4, -0.2) is 18.6 Å². The lowest BCUT2D eigenvalue weighted by molar-refractivity contribution is 0.463. The molecule has 10 heavy (non-hydrogen) atoms. The van der Waals surface area contributed by atoms with Crippen LogP contribution < -0.4 is 11.1 Å². The second-order valence-corrected chi connectivity index (χ2v) is 3.52. The Hall–Kier alpha value is -0.0800. The maximum Gasteiger partial charge on any atom is 0.0223 e. The molecule has 0 aliphatic heterocycles. The standard InChI is InChI=1S/C8H20N2/c1-4-5-6-10-7-8(2,3)9/h10H,4-7,9H2,1-3H3. The van der Waals surface area contributed by atoms with Crippen molar-refractivity contribution >= 4 is 0 Å². The maximum absolute atomic E-state index is 5.76. The van der Waals surface area contributed by atoms with Crippen molar-refractivity contribution < 1.29 is 0 Å². The van der Waals surface area contributed by atoms with Crippen molar-refractivity contribution in [3.8, 4) is 0 Å². The zero-order valence-corrected chi connectivity index (χ0v) is 7.41. The molecule has 0 saturated heterocycles. The Balaban J connectivity index is 3.04. The van der Waals surface area contributed by atoms with Crippen molar-refractivity contribution in [2.24, 2.45) is 5.73 Å². The van der Waals surface area contributed by atoms with Crippen molar-refractivity contribution in [3.63, 3.8) is 0 Å². The van der Waals surface area contributed by atoms with Gasteiger partial charge in [-0.2, -0.15) is 0 Å². The Labute approximate surface area is 64.2 Å². The van der Waals surface area contributed by atoms with E-state index in [4.69, 9.17) is 5.73 Å². The molecule has 0 aromatic heterocycles. The predicted molar refractivity (Wildman–Crippen MR) is 46.0 cm³/mol. The molecule has 2 heteroatoms. The molecule has 0 spiro atoms. The normalized spacial score (nSPS) is 12.0. The molecule has 0 bridgehead atoms. The van der Waals surface area contributed by atoms with E-state index < -0.39 is 0 Å². The molecule has 0 fully saturated rings. The van der Waals surface area contributed by atoms with Gasteiger partial charge in [0.2, 0.25) is 0 Å². The molecule has 62 valence electrons. The van der Waals surface area contributed by atoms with Crippen LogP contribution in [0.5, 0.6) is 0 Å². The van der Waals surface area contributed by atoms with Crippen LogP contribution >= 0.6 is 0 Å². The molecule has 0 heterocycles. The Bertz CT molecular complexity index is 73.8. The van der Waals surface area contributed by atoms with E-state index >= 15 is 0 Å². The molecule has 0 aliphatic carbocycles. The van der Waals surface area contributed by atoms with Gasteiger partial charge in [-0.15, -0.1) is 0 Å². The largest absolute Gasteiger partial charge is 0.324 e. The summed E-state index contributed by atoms with van der Waals surface area (Å²) >= 11 is 0. The van der Waals surface area contributed by atoms with Crippen LogP contribution in [0, 0.1) is 0 Å². The van der Waals surface area contributed by atoms with Crippen molar-refractivity contribution in [2.45, 2.75) is 39.2 Å². The van der Waals surface area contributed by atoms with Crippen molar-refractivity contribution in [2.75, 3.05) is 13.1 Å². The van der Waals surface area contributed by atoms with Gasteiger partial charge in [0.15, 0.2) is 0 Å². The summed E-state index contributed by atoms with van der Waals surface area (Å²) in [5, 5.41) is 3.30. The van der Waals surface area contributed by atoms with Gasteiger partial charge in [0.25, 0.3) is 0 Å². The van der Waals surface area contributed by atoms with Gasteiger partial charge in [0, 0.05) is 12.1 Å². The fraction of sp³-hybridized carbons (Fsp3) is 1.00. The van der Waals surface area contributed by atoms with E-state index in [0.29, 0.717) is 0 Å². The van der Waals surface area contributed by atoms with Crippen LogP contribution in [0.3, 0.4) is 0 Å².